The number of hydrogen-bond acceptors (Lipinski definition) is 4. The second kappa shape index (κ2) is 9.73. The summed E-state index contributed by atoms with van der Waals surface area (Å²) in [6.45, 7) is 0.255. The second-order valence-electron chi connectivity index (χ2n) is 6.89. The van der Waals surface area contributed by atoms with Gasteiger partial charge in [-0.1, -0.05) is 59.2 Å². The van der Waals surface area contributed by atoms with E-state index in [0.29, 0.717) is 26.8 Å². The van der Waals surface area contributed by atoms with E-state index < -0.39 is 5.82 Å². The van der Waals surface area contributed by atoms with Crippen molar-refractivity contribution < 1.29 is 9.18 Å². The molecule has 0 spiro atoms. The van der Waals surface area contributed by atoms with E-state index in [2.05, 4.69) is 10.3 Å². The Balaban J connectivity index is 1.61. The van der Waals surface area contributed by atoms with Gasteiger partial charge in [0.2, 0.25) is 5.91 Å². The molecule has 4 rings (SSSR count). The summed E-state index contributed by atoms with van der Waals surface area (Å²) in [5, 5.41) is 4.20. The summed E-state index contributed by atoms with van der Waals surface area (Å²) in [6, 6.07) is 18.0. The average molecular weight is 488 g/mol. The van der Waals surface area contributed by atoms with E-state index in [-0.39, 0.29) is 28.8 Å². The first kappa shape index (κ1) is 22.3. The number of nitrogens with zero attached hydrogens (tertiary/aromatic N) is 2. The minimum atomic E-state index is -0.493. The molecule has 32 heavy (non-hydrogen) atoms. The number of carbonyl (C=O) groups is 1. The Labute approximate surface area is 197 Å². The van der Waals surface area contributed by atoms with Crippen LogP contribution in [0, 0.1) is 5.82 Å². The fraction of sp³-hybridized carbons (Fsp3) is 0.0870. The molecule has 0 radical (unpaired) electrons. The van der Waals surface area contributed by atoms with Crippen LogP contribution in [0.2, 0.25) is 10.0 Å². The third-order valence-corrected chi connectivity index (χ3v) is 6.12. The maximum Gasteiger partial charge on any atom is 0.262 e. The Morgan fingerprint density at radius 3 is 2.66 bits per heavy atom. The molecule has 1 aromatic heterocycles. The number of aromatic nitrogens is 2. The van der Waals surface area contributed by atoms with Crippen molar-refractivity contribution in [3.05, 3.63) is 98.5 Å². The van der Waals surface area contributed by atoms with Gasteiger partial charge in [0.1, 0.15) is 5.82 Å². The molecule has 1 heterocycles. The van der Waals surface area contributed by atoms with Gasteiger partial charge in [0.05, 0.1) is 33.9 Å². The third kappa shape index (κ3) is 5.12. The minimum Gasteiger partial charge on any atom is -0.324 e. The van der Waals surface area contributed by atoms with Crippen molar-refractivity contribution >= 4 is 57.5 Å². The van der Waals surface area contributed by atoms with Crippen molar-refractivity contribution in [1.29, 1.82) is 0 Å². The summed E-state index contributed by atoms with van der Waals surface area (Å²) in [5.41, 5.74) is 1.48. The van der Waals surface area contributed by atoms with Crippen LogP contribution in [0.4, 0.5) is 10.1 Å². The average Bonchev–Trinajstić information content (AvgIpc) is 2.76. The van der Waals surface area contributed by atoms with Crippen LogP contribution in [-0.2, 0) is 11.3 Å². The molecule has 3 aromatic carbocycles. The molecule has 1 amide bonds. The van der Waals surface area contributed by atoms with Crippen LogP contribution >= 0.6 is 35.0 Å². The van der Waals surface area contributed by atoms with Crippen LogP contribution in [-0.4, -0.2) is 21.2 Å². The van der Waals surface area contributed by atoms with Crippen LogP contribution < -0.4 is 10.9 Å². The number of hydrogen-bond donors (Lipinski definition) is 1. The summed E-state index contributed by atoms with van der Waals surface area (Å²) >= 11 is 13.2. The largest absolute Gasteiger partial charge is 0.324 e. The lowest BCUT2D eigenvalue weighted by molar-refractivity contribution is -0.113. The van der Waals surface area contributed by atoms with Crippen molar-refractivity contribution in [2.75, 3.05) is 11.1 Å². The van der Waals surface area contributed by atoms with E-state index >= 15 is 0 Å². The summed E-state index contributed by atoms with van der Waals surface area (Å²) in [5.74, 6) is -0.874. The van der Waals surface area contributed by atoms with Crippen LogP contribution in [0.25, 0.3) is 10.9 Å². The number of carbonyl (C=O) groups excluding carboxylic acids is 1. The predicted octanol–water partition coefficient (Wildman–Crippen LogP) is 5.62. The first-order valence-corrected chi connectivity index (χ1v) is 11.3. The van der Waals surface area contributed by atoms with Gasteiger partial charge in [-0.3, -0.25) is 14.2 Å². The topological polar surface area (TPSA) is 64.0 Å². The Morgan fingerprint density at radius 2 is 1.88 bits per heavy atom. The van der Waals surface area contributed by atoms with Crippen molar-refractivity contribution in [3.8, 4) is 0 Å². The molecule has 0 atom stereocenters. The van der Waals surface area contributed by atoms with E-state index in [1.165, 1.54) is 16.7 Å². The highest BCUT2D eigenvalue weighted by atomic mass is 35.5. The molecular weight excluding hydrogens is 472 g/mol. The number of thioether (sulfide) groups is 1. The standard InChI is InChI=1S/C23H16Cl2FN3O2S/c24-15-5-3-4-14(10-15)12-29-22(31)17-6-1-2-7-19(17)28-23(29)32-13-21(30)27-20-9-8-16(26)11-18(20)25/h1-11H,12-13H2,(H,27,30). The SMILES string of the molecule is O=C(CSc1nc2ccccc2c(=O)n1Cc1cccc(Cl)c1)Nc1ccc(F)cc1Cl. The van der Waals surface area contributed by atoms with Crippen LogP contribution in [0.3, 0.4) is 0 Å². The van der Waals surface area contributed by atoms with Crippen molar-refractivity contribution in [3.63, 3.8) is 0 Å². The molecule has 0 fully saturated rings. The van der Waals surface area contributed by atoms with Gasteiger partial charge in [-0.15, -0.1) is 0 Å². The first-order valence-electron chi connectivity index (χ1n) is 9.52. The van der Waals surface area contributed by atoms with Gasteiger partial charge in [0.25, 0.3) is 5.56 Å². The van der Waals surface area contributed by atoms with Crippen LogP contribution in [0.15, 0.2) is 76.7 Å². The van der Waals surface area contributed by atoms with Gasteiger partial charge in [0, 0.05) is 5.02 Å². The van der Waals surface area contributed by atoms with Crippen molar-refractivity contribution in [2.45, 2.75) is 11.7 Å². The van der Waals surface area contributed by atoms with Gasteiger partial charge < -0.3 is 5.32 Å². The van der Waals surface area contributed by atoms with Gasteiger partial charge in [-0.25, -0.2) is 9.37 Å². The summed E-state index contributed by atoms with van der Waals surface area (Å²) in [4.78, 5) is 30.2. The maximum absolute atomic E-state index is 13.2. The lowest BCUT2D eigenvalue weighted by Crippen LogP contribution is -2.25. The smallest absolute Gasteiger partial charge is 0.262 e. The highest BCUT2D eigenvalue weighted by Gasteiger charge is 2.15. The number of amides is 1. The zero-order chi connectivity index (χ0) is 22.7. The zero-order valence-electron chi connectivity index (χ0n) is 16.5. The third-order valence-electron chi connectivity index (χ3n) is 4.59. The molecular formula is C23H16Cl2FN3O2S. The van der Waals surface area contributed by atoms with Crippen molar-refractivity contribution in [2.24, 2.45) is 0 Å². The van der Waals surface area contributed by atoms with E-state index in [9.17, 15) is 14.0 Å². The number of fused-ring (bicyclic) bond motifs is 1. The molecule has 0 aliphatic rings. The Kier molecular flexibility index (Phi) is 6.79. The Hall–Kier alpha value is -2.87. The lowest BCUT2D eigenvalue weighted by Gasteiger charge is -2.14. The number of rotatable bonds is 6. The Bertz CT molecular complexity index is 1380. The van der Waals surface area contributed by atoms with E-state index in [0.717, 1.165) is 23.4 Å². The molecule has 162 valence electrons. The molecule has 0 saturated heterocycles. The number of para-hydroxylation sites is 1. The molecule has 0 unspecified atom stereocenters. The molecule has 0 bridgehead atoms. The van der Waals surface area contributed by atoms with Gasteiger partial charge in [-0.05, 0) is 48.0 Å². The van der Waals surface area contributed by atoms with E-state index in [1.807, 2.05) is 12.1 Å². The van der Waals surface area contributed by atoms with Crippen LogP contribution in [0.5, 0.6) is 0 Å². The van der Waals surface area contributed by atoms with Gasteiger partial charge >= 0.3 is 0 Å². The van der Waals surface area contributed by atoms with Gasteiger partial charge in [-0.2, -0.15) is 0 Å². The highest BCUT2D eigenvalue weighted by molar-refractivity contribution is 7.99. The molecule has 4 aromatic rings. The fourth-order valence-electron chi connectivity index (χ4n) is 3.12. The lowest BCUT2D eigenvalue weighted by atomic mass is 10.2. The summed E-state index contributed by atoms with van der Waals surface area (Å²) in [7, 11) is 0. The predicted molar refractivity (Wildman–Crippen MR) is 127 cm³/mol. The normalized spacial score (nSPS) is 11.0. The molecule has 9 heteroatoms. The number of anilines is 1. The molecule has 0 aliphatic carbocycles. The fourth-order valence-corrected chi connectivity index (χ4v) is 4.35. The number of benzene rings is 3. The Morgan fingerprint density at radius 1 is 1.06 bits per heavy atom. The second-order valence-corrected chi connectivity index (χ2v) is 8.68. The van der Waals surface area contributed by atoms with Gasteiger partial charge in [0.15, 0.2) is 5.16 Å². The monoisotopic (exact) mass is 487 g/mol. The minimum absolute atomic E-state index is 0.0198. The quantitative estimate of drug-likeness (QED) is 0.283. The summed E-state index contributed by atoms with van der Waals surface area (Å²) in [6.07, 6.45) is 0. The molecule has 0 aliphatic heterocycles. The maximum atomic E-state index is 13.2. The van der Waals surface area contributed by atoms with E-state index in [4.69, 9.17) is 23.2 Å². The molecule has 5 nitrogen and oxygen atoms in total. The number of nitrogens with one attached hydrogen (secondary N) is 1. The molecule has 0 saturated carbocycles. The zero-order valence-corrected chi connectivity index (χ0v) is 18.8. The number of halogens is 3. The summed E-state index contributed by atoms with van der Waals surface area (Å²) < 4.78 is 14.7. The van der Waals surface area contributed by atoms with Crippen molar-refractivity contribution in [1.82, 2.24) is 9.55 Å². The first-order chi connectivity index (χ1) is 15.4. The van der Waals surface area contributed by atoms with Crippen LogP contribution in [0.1, 0.15) is 5.56 Å². The van der Waals surface area contributed by atoms with E-state index in [1.54, 1.807) is 36.4 Å². The highest BCUT2D eigenvalue weighted by Crippen LogP contribution is 2.24. The molecule has 1 N–H and O–H groups in total.